The lowest BCUT2D eigenvalue weighted by atomic mass is 9.98. The van der Waals surface area contributed by atoms with Crippen LogP contribution >= 0.6 is 0 Å². The van der Waals surface area contributed by atoms with E-state index in [4.69, 9.17) is 9.84 Å². The van der Waals surface area contributed by atoms with E-state index in [2.05, 4.69) is 78.4 Å². The first-order valence-corrected chi connectivity index (χ1v) is 13.2. The van der Waals surface area contributed by atoms with Gasteiger partial charge in [-0.15, -0.1) is 0 Å². The molecule has 196 valence electrons. The van der Waals surface area contributed by atoms with E-state index < -0.39 is 5.97 Å². The first-order chi connectivity index (χ1) is 19.5. The van der Waals surface area contributed by atoms with Gasteiger partial charge in [0, 0.05) is 23.5 Å². The largest absolute Gasteiger partial charge is 0.465 e. The fourth-order valence-corrected chi connectivity index (χ4v) is 4.82. The summed E-state index contributed by atoms with van der Waals surface area (Å²) in [6.07, 6.45) is 3.37. The van der Waals surface area contributed by atoms with Crippen molar-refractivity contribution in [1.29, 1.82) is 0 Å². The van der Waals surface area contributed by atoms with Crippen LogP contribution in [-0.2, 0) is 4.74 Å². The summed E-state index contributed by atoms with van der Waals surface area (Å²) in [5.74, 6) is 0.109. The zero-order valence-corrected chi connectivity index (χ0v) is 22.6. The van der Waals surface area contributed by atoms with E-state index >= 15 is 0 Å². The fourth-order valence-electron chi connectivity index (χ4n) is 4.82. The molecular weight excluding hydrogens is 496 g/mol. The number of aromatic nitrogens is 4. The Hall–Kier alpha value is -5.10. The monoisotopic (exact) mass is 524 g/mol. The van der Waals surface area contributed by atoms with Crippen LogP contribution in [0.1, 0.15) is 35.7 Å². The molecule has 0 spiro atoms. The number of rotatable bonds is 6. The molecule has 0 N–H and O–H groups in total. The van der Waals surface area contributed by atoms with Crippen LogP contribution in [0.3, 0.4) is 0 Å². The normalized spacial score (nSPS) is 11.2. The molecule has 6 rings (SSSR count). The molecule has 2 aromatic heterocycles. The van der Waals surface area contributed by atoms with Crippen LogP contribution in [0.25, 0.3) is 50.4 Å². The number of hydrogen-bond donors (Lipinski definition) is 0. The minimum Gasteiger partial charge on any atom is -0.465 e. The topological polar surface area (TPSA) is 69.9 Å². The van der Waals surface area contributed by atoms with Crippen molar-refractivity contribution in [3.05, 3.63) is 121 Å². The smallest absolute Gasteiger partial charge is 0.337 e. The first kappa shape index (κ1) is 25.2. The molecule has 0 bridgehead atoms. The summed E-state index contributed by atoms with van der Waals surface area (Å²) in [5.41, 5.74) is 10.1. The molecule has 0 aliphatic carbocycles. The summed E-state index contributed by atoms with van der Waals surface area (Å²) < 4.78 is 6.81. The maximum atomic E-state index is 12.3. The van der Waals surface area contributed by atoms with Crippen molar-refractivity contribution < 1.29 is 9.53 Å². The molecule has 0 aliphatic rings. The van der Waals surface area contributed by atoms with E-state index in [9.17, 15) is 4.79 Å². The Bertz CT molecular complexity index is 1820. The van der Waals surface area contributed by atoms with Gasteiger partial charge in [-0.1, -0.05) is 74.5 Å². The van der Waals surface area contributed by atoms with Crippen LogP contribution in [0.2, 0.25) is 0 Å². The van der Waals surface area contributed by atoms with E-state index in [1.807, 2.05) is 35.0 Å². The van der Waals surface area contributed by atoms with Crippen molar-refractivity contribution in [2.75, 3.05) is 7.11 Å². The van der Waals surface area contributed by atoms with Gasteiger partial charge in [0.25, 0.3) is 0 Å². The molecule has 2 heterocycles. The van der Waals surface area contributed by atoms with Crippen LogP contribution in [-0.4, -0.2) is 32.8 Å². The molecule has 0 aliphatic heterocycles. The van der Waals surface area contributed by atoms with Crippen molar-refractivity contribution in [2.24, 2.45) is 0 Å². The van der Waals surface area contributed by atoms with E-state index in [1.165, 1.54) is 18.2 Å². The third-order valence-corrected chi connectivity index (χ3v) is 7.08. The Labute approximate surface area is 232 Å². The number of benzene rings is 4. The van der Waals surface area contributed by atoms with Crippen LogP contribution in [0.5, 0.6) is 0 Å². The Morgan fingerprint density at radius 2 is 1.38 bits per heavy atom. The molecule has 0 saturated heterocycles. The van der Waals surface area contributed by atoms with Crippen LogP contribution < -0.4 is 0 Å². The Kier molecular flexibility index (Phi) is 6.66. The number of esters is 1. The highest BCUT2D eigenvalue weighted by Crippen LogP contribution is 2.32. The number of carbonyl (C=O) groups excluding carboxylic acids is 1. The van der Waals surface area contributed by atoms with Crippen molar-refractivity contribution in [1.82, 2.24) is 19.7 Å². The van der Waals surface area contributed by atoms with Gasteiger partial charge in [0.2, 0.25) is 0 Å². The third-order valence-electron chi connectivity index (χ3n) is 7.08. The van der Waals surface area contributed by atoms with Crippen molar-refractivity contribution >= 4 is 17.0 Å². The van der Waals surface area contributed by atoms with Gasteiger partial charge in [-0.3, -0.25) is 9.97 Å². The molecule has 0 amide bonds. The molecule has 6 aromatic rings. The average Bonchev–Trinajstić information content (AvgIpc) is 3.46. The predicted octanol–water partition coefficient (Wildman–Crippen LogP) is 7.73. The molecule has 0 saturated carbocycles. The maximum Gasteiger partial charge on any atom is 0.337 e. The van der Waals surface area contributed by atoms with Crippen LogP contribution in [0, 0.1) is 0 Å². The highest BCUT2D eigenvalue weighted by Gasteiger charge is 2.16. The van der Waals surface area contributed by atoms with Crippen molar-refractivity contribution in [3.63, 3.8) is 0 Å². The number of hydrogen-bond acceptors (Lipinski definition) is 5. The summed E-state index contributed by atoms with van der Waals surface area (Å²) in [5, 5.41) is 5.00. The lowest BCUT2D eigenvalue weighted by Gasteiger charge is -2.09. The second-order valence-electron chi connectivity index (χ2n) is 9.98. The zero-order chi connectivity index (χ0) is 27.6. The number of ether oxygens (including phenoxy) is 1. The number of nitrogens with zero attached hydrogens (tertiary/aromatic N) is 4. The Balaban J connectivity index is 1.43. The molecule has 40 heavy (non-hydrogen) atoms. The maximum absolute atomic E-state index is 12.3. The van der Waals surface area contributed by atoms with Gasteiger partial charge >= 0.3 is 5.97 Å². The van der Waals surface area contributed by atoms with Gasteiger partial charge in [0.1, 0.15) is 0 Å². The second kappa shape index (κ2) is 10.6. The van der Waals surface area contributed by atoms with Crippen molar-refractivity contribution in [3.8, 4) is 39.3 Å². The Morgan fingerprint density at radius 1 is 0.725 bits per heavy atom. The number of carbonyl (C=O) groups is 1. The van der Waals surface area contributed by atoms with Gasteiger partial charge < -0.3 is 4.74 Å². The van der Waals surface area contributed by atoms with Gasteiger partial charge in [0.05, 0.1) is 40.8 Å². The quantitative estimate of drug-likeness (QED) is 0.209. The summed E-state index contributed by atoms with van der Waals surface area (Å²) in [4.78, 5) is 21.1. The molecule has 0 unspecified atom stereocenters. The minimum absolute atomic E-state index is 0.395. The SMILES string of the molecule is COC(=O)c1cccc(-n2nc(-c3ccc(-c4ccc(C(C)C)cc4)cc3)cc2-c2ccc3nccnc3c2)c1. The lowest BCUT2D eigenvalue weighted by Crippen LogP contribution is -2.04. The van der Waals surface area contributed by atoms with Gasteiger partial charge in [-0.25, -0.2) is 9.48 Å². The average molecular weight is 525 g/mol. The third kappa shape index (κ3) is 4.87. The van der Waals surface area contributed by atoms with Crippen LogP contribution in [0.15, 0.2) is 109 Å². The van der Waals surface area contributed by atoms with E-state index in [0.29, 0.717) is 11.5 Å². The molecule has 0 radical (unpaired) electrons. The molecule has 6 nitrogen and oxygen atoms in total. The van der Waals surface area contributed by atoms with Crippen molar-refractivity contribution in [2.45, 2.75) is 19.8 Å². The van der Waals surface area contributed by atoms with Gasteiger partial charge in [-0.05, 0) is 59.0 Å². The lowest BCUT2D eigenvalue weighted by molar-refractivity contribution is 0.0600. The number of methoxy groups -OCH3 is 1. The summed E-state index contributed by atoms with van der Waals surface area (Å²) in [6.45, 7) is 4.41. The van der Waals surface area contributed by atoms with E-state index in [-0.39, 0.29) is 0 Å². The first-order valence-electron chi connectivity index (χ1n) is 13.2. The summed E-state index contributed by atoms with van der Waals surface area (Å²) in [7, 11) is 1.38. The standard InChI is InChI=1S/C34H28N4O2/c1-22(2)23-7-9-24(10-8-23)25-11-13-26(14-12-25)31-21-33(27-15-16-30-32(20-27)36-18-17-35-30)38(37-31)29-6-4-5-28(19-29)34(39)40-3/h4-22H,1-3H3. The predicted molar refractivity (Wildman–Crippen MR) is 158 cm³/mol. The highest BCUT2D eigenvalue weighted by molar-refractivity contribution is 5.90. The van der Waals surface area contributed by atoms with Gasteiger partial charge in [0.15, 0.2) is 0 Å². The molecule has 0 fully saturated rings. The van der Waals surface area contributed by atoms with Gasteiger partial charge in [-0.2, -0.15) is 5.10 Å². The molecule has 6 heteroatoms. The van der Waals surface area contributed by atoms with E-state index in [0.717, 1.165) is 44.8 Å². The Morgan fingerprint density at radius 3 is 2.08 bits per heavy atom. The number of fused-ring (bicyclic) bond motifs is 1. The van der Waals surface area contributed by atoms with E-state index in [1.54, 1.807) is 24.5 Å². The fraction of sp³-hybridized carbons (Fsp3) is 0.118. The molecule has 4 aromatic carbocycles. The highest BCUT2D eigenvalue weighted by atomic mass is 16.5. The molecule has 0 atom stereocenters. The molecular formula is C34H28N4O2. The second-order valence-corrected chi connectivity index (χ2v) is 9.98. The zero-order valence-electron chi connectivity index (χ0n) is 22.6. The minimum atomic E-state index is -0.395. The summed E-state index contributed by atoms with van der Waals surface area (Å²) >= 11 is 0. The van der Waals surface area contributed by atoms with Crippen LogP contribution in [0.4, 0.5) is 0 Å². The summed E-state index contributed by atoms with van der Waals surface area (Å²) in [6, 6.07) is 32.5.